The van der Waals surface area contributed by atoms with Gasteiger partial charge in [-0.1, -0.05) is 78.9 Å². The van der Waals surface area contributed by atoms with Gasteiger partial charge in [-0.05, 0) is 12.1 Å². The minimum Gasteiger partial charge on any atom is -0.422 e. The van der Waals surface area contributed by atoms with E-state index in [9.17, 15) is 4.57 Å². The minimum atomic E-state index is -3.25. The lowest BCUT2D eigenvalue weighted by Gasteiger charge is -2.31. The molecule has 0 unspecified atom stereocenters. The first-order chi connectivity index (χ1) is 17.6. The summed E-state index contributed by atoms with van der Waals surface area (Å²) in [6.45, 7) is 5.10. The lowest BCUT2D eigenvalue weighted by Crippen LogP contribution is -2.41. The average Bonchev–Trinajstić information content (AvgIpc) is 2.86. The van der Waals surface area contributed by atoms with Gasteiger partial charge >= 0.3 is 7.67 Å². The standard InChI is InChI=1S/C30H45N4O2P/c1-33(2,26-28-16-8-5-9-17-28)24-14-22-31-37(35,36-30-20-12-7-13-21-30)32-23-15-25-34(3,4)27-29-18-10-6-11-19-29/h5-13,16-21H,14-15,22-27H2,1-4H3,(H2,31,32,35)/q+2. The lowest BCUT2D eigenvalue weighted by atomic mass is 10.2. The van der Waals surface area contributed by atoms with Gasteiger partial charge in [-0.25, -0.2) is 14.7 Å². The van der Waals surface area contributed by atoms with Crippen LogP contribution in [0.25, 0.3) is 0 Å². The van der Waals surface area contributed by atoms with Gasteiger partial charge in [0.25, 0.3) is 0 Å². The first kappa shape index (κ1) is 29.1. The molecule has 0 spiro atoms. The predicted molar refractivity (Wildman–Crippen MR) is 154 cm³/mol. The van der Waals surface area contributed by atoms with Gasteiger partial charge in [0.1, 0.15) is 18.8 Å². The van der Waals surface area contributed by atoms with Gasteiger partial charge in [0, 0.05) is 37.1 Å². The summed E-state index contributed by atoms with van der Waals surface area (Å²) >= 11 is 0. The van der Waals surface area contributed by atoms with Crippen LogP contribution in [0, 0.1) is 0 Å². The zero-order valence-electron chi connectivity index (χ0n) is 23.0. The number of para-hydroxylation sites is 1. The van der Waals surface area contributed by atoms with Gasteiger partial charge in [-0.15, -0.1) is 0 Å². The fourth-order valence-corrected chi connectivity index (χ4v) is 6.09. The molecule has 0 amide bonds. The van der Waals surface area contributed by atoms with E-state index in [-0.39, 0.29) is 0 Å². The number of benzene rings is 3. The zero-order valence-corrected chi connectivity index (χ0v) is 23.9. The second-order valence-electron chi connectivity index (χ2n) is 11.1. The molecule has 0 aliphatic heterocycles. The van der Waals surface area contributed by atoms with Crippen LogP contribution >= 0.6 is 7.67 Å². The predicted octanol–water partition coefficient (Wildman–Crippen LogP) is 5.69. The minimum absolute atomic E-state index is 0.603. The van der Waals surface area contributed by atoms with E-state index < -0.39 is 7.67 Å². The molecule has 3 aromatic rings. The van der Waals surface area contributed by atoms with E-state index in [1.807, 2.05) is 42.5 Å². The third-order valence-electron chi connectivity index (χ3n) is 6.40. The number of rotatable bonds is 16. The first-order valence-corrected chi connectivity index (χ1v) is 14.8. The summed E-state index contributed by atoms with van der Waals surface area (Å²) in [5.41, 5.74) is 2.66. The van der Waals surface area contributed by atoms with Crippen LogP contribution in [-0.4, -0.2) is 63.3 Å². The zero-order chi connectivity index (χ0) is 26.6. The number of hydrogen-bond donors (Lipinski definition) is 2. The molecule has 0 aromatic heterocycles. The van der Waals surface area contributed by atoms with Crippen molar-refractivity contribution < 1.29 is 18.1 Å². The van der Waals surface area contributed by atoms with Crippen LogP contribution in [0.3, 0.4) is 0 Å². The third-order valence-corrected chi connectivity index (χ3v) is 8.15. The van der Waals surface area contributed by atoms with Gasteiger partial charge in [-0.2, -0.15) is 0 Å². The molecule has 0 heterocycles. The fourth-order valence-electron chi connectivity index (χ4n) is 4.53. The smallest absolute Gasteiger partial charge is 0.390 e. The maximum atomic E-state index is 13.8. The Morgan fingerprint density at radius 3 is 1.41 bits per heavy atom. The van der Waals surface area contributed by atoms with Crippen molar-refractivity contribution in [3.8, 4) is 5.75 Å². The Hall–Kier alpha value is -2.47. The van der Waals surface area contributed by atoms with Crippen molar-refractivity contribution in [1.29, 1.82) is 0 Å². The highest BCUT2D eigenvalue weighted by molar-refractivity contribution is 7.55. The van der Waals surface area contributed by atoms with Gasteiger partial charge in [0.15, 0.2) is 0 Å². The van der Waals surface area contributed by atoms with Crippen molar-refractivity contribution in [1.82, 2.24) is 10.2 Å². The van der Waals surface area contributed by atoms with E-state index >= 15 is 0 Å². The Morgan fingerprint density at radius 2 is 1.00 bits per heavy atom. The van der Waals surface area contributed by atoms with Crippen molar-refractivity contribution >= 4 is 7.67 Å². The van der Waals surface area contributed by atoms with Crippen molar-refractivity contribution in [2.24, 2.45) is 0 Å². The maximum absolute atomic E-state index is 13.8. The van der Waals surface area contributed by atoms with E-state index in [2.05, 4.69) is 86.9 Å². The largest absolute Gasteiger partial charge is 0.422 e. The van der Waals surface area contributed by atoms with Gasteiger partial charge in [0.05, 0.1) is 41.3 Å². The Kier molecular flexibility index (Phi) is 10.9. The highest BCUT2D eigenvalue weighted by Gasteiger charge is 2.25. The molecule has 7 heteroatoms. The summed E-state index contributed by atoms with van der Waals surface area (Å²) in [5.74, 6) is 0.603. The Bertz CT molecular complexity index is 1030. The van der Waals surface area contributed by atoms with Crippen molar-refractivity contribution in [2.75, 3.05) is 54.4 Å². The van der Waals surface area contributed by atoms with Crippen LogP contribution in [-0.2, 0) is 17.7 Å². The van der Waals surface area contributed by atoms with Crippen LogP contribution in [0.5, 0.6) is 5.75 Å². The second kappa shape index (κ2) is 13.9. The molecule has 0 saturated carbocycles. The highest BCUT2D eigenvalue weighted by atomic mass is 31.2. The number of nitrogens with zero attached hydrogens (tertiary/aromatic N) is 2. The van der Waals surface area contributed by atoms with E-state index in [1.54, 1.807) is 0 Å². The van der Waals surface area contributed by atoms with Crippen LogP contribution in [0.4, 0.5) is 0 Å². The topological polar surface area (TPSA) is 50.4 Å². The molecule has 200 valence electrons. The lowest BCUT2D eigenvalue weighted by molar-refractivity contribution is -0.903. The molecule has 0 fully saturated rings. The van der Waals surface area contributed by atoms with Gasteiger partial charge < -0.3 is 13.5 Å². The van der Waals surface area contributed by atoms with Crippen LogP contribution in [0.2, 0.25) is 0 Å². The number of quaternary nitrogens is 2. The van der Waals surface area contributed by atoms with Crippen LogP contribution in [0.1, 0.15) is 24.0 Å². The van der Waals surface area contributed by atoms with E-state index in [1.165, 1.54) is 11.1 Å². The first-order valence-electron chi connectivity index (χ1n) is 13.2. The highest BCUT2D eigenvalue weighted by Crippen LogP contribution is 2.38. The molecule has 0 aliphatic carbocycles. The quantitative estimate of drug-likeness (QED) is 0.144. The summed E-state index contributed by atoms with van der Waals surface area (Å²) in [6.07, 6.45) is 1.79. The Morgan fingerprint density at radius 1 is 0.622 bits per heavy atom. The molecule has 0 saturated heterocycles. The second-order valence-corrected chi connectivity index (χ2v) is 13.0. The molecule has 37 heavy (non-hydrogen) atoms. The SMILES string of the molecule is C[N+](C)(CCCNP(=O)(NCCC[N+](C)(C)Cc1ccccc1)Oc1ccccc1)Cc1ccccc1. The molecular formula is C30H45N4O2P+2. The van der Waals surface area contributed by atoms with E-state index in [4.69, 9.17) is 4.52 Å². The van der Waals surface area contributed by atoms with Crippen molar-refractivity contribution in [3.63, 3.8) is 0 Å². The fraction of sp³-hybridized carbons (Fsp3) is 0.400. The molecule has 6 nitrogen and oxygen atoms in total. The number of hydrogen-bond acceptors (Lipinski definition) is 2. The third kappa shape index (κ3) is 11.2. The number of nitrogens with one attached hydrogen (secondary N) is 2. The molecule has 0 bridgehead atoms. The maximum Gasteiger partial charge on any atom is 0.390 e. The van der Waals surface area contributed by atoms with Crippen LogP contribution < -0.4 is 14.7 Å². The Balaban J connectivity index is 1.49. The van der Waals surface area contributed by atoms with Crippen molar-refractivity contribution in [2.45, 2.75) is 25.9 Å². The molecule has 3 aromatic carbocycles. The molecule has 0 aliphatic rings. The van der Waals surface area contributed by atoms with E-state index in [0.717, 1.165) is 48.0 Å². The van der Waals surface area contributed by atoms with Gasteiger partial charge in [0.2, 0.25) is 0 Å². The molecular weight excluding hydrogens is 479 g/mol. The molecule has 2 N–H and O–H groups in total. The summed E-state index contributed by atoms with van der Waals surface area (Å²) < 4.78 is 21.5. The Labute approximate surface area is 224 Å². The van der Waals surface area contributed by atoms with Crippen LogP contribution in [0.15, 0.2) is 91.0 Å². The summed E-state index contributed by atoms with van der Waals surface area (Å²) in [4.78, 5) is 0. The van der Waals surface area contributed by atoms with Crippen molar-refractivity contribution in [3.05, 3.63) is 102 Å². The summed E-state index contributed by atoms with van der Waals surface area (Å²) in [6, 6.07) is 30.5. The molecule has 3 rings (SSSR count). The van der Waals surface area contributed by atoms with E-state index in [0.29, 0.717) is 18.8 Å². The molecule has 0 atom stereocenters. The monoisotopic (exact) mass is 524 g/mol. The van der Waals surface area contributed by atoms with Gasteiger partial charge in [-0.3, -0.25) is 0 Å². The summed E-state index contributed by atoms with van der Waals surface area (Å²) in [5, 5.41) is 6.45. The normalized spacial score (nSPS) is 12.4. The molecule has 0 radical (unpaired) electrons. The summed E-state index contributed by atoms with van der Waals surface area (Å²) in [7, 11) is 5.70. The average molecular weight is 525 g/mol.